The molecule has 5 rings (SSSR count). The Morgan fingerprint density at radius 2 is 2.18 bits per heavy atom. The Labute approximate surface area is 161 Å². The maximum absolute atomic E-state index is 12.7. The van der Waals surface area contributed by atoms with E-state index in [0.717, 1.165) is 60.6 Å². The number of piperidine rings is 1. The van der Waals surface area contributed by atoms with Crippen LogP contribution in [0.2, 0.25) is 0 Å². The molecule has 0 amide bonds. The normalized spacial score (nSPS) is 17.9. The van der Waals surface area contributed by atoms with Crippen LogP contribution in [0, 0.1) is 0 Å². The van der Waals surface area contributed by atoms with Gasteiger partial charge in [-0.1, -0.05) is 12.1 Å². The van der Waals surface area contributed by atoms with Gasteiger partial charge in [0.15, 0.2) is 0 Å². The number of aromatic nitrogens is 6. The van der Waals surface area contributed by atoms with Gasteiger partial charge in [-0.15, -0.1) is 5.10 Å². The first-order valence-electron chi connectivity index (χ1n) is 9.51. The van der Waals surface area contributed by atoms with Crippen LogP contribution in [0.5, 0.6) is 0 Å². The molecule has 1 fully saturated rings. The number of rotatable bonds is 4. The number of hydrogen-bond acceptors (Lipinski definition) is 5. The van der Waals surface area contributed by atoms with Gasteiger partial charge < -0.3 is 4.98 Å². The van der Waals surface area contributed by atoms with Crippen molar-refractivity contribution in [3.05, 3.63) is 71.2 Å². The van der Waals surface area contributed by atoms with Crippen molar-refractivity contribution < 1.29 is 0 Å². The van der Waals surface area contributed by atoms with Crippen molar-refractivity contribution in [1.29, 1.82) is 0 Å². The predicted octanol–water partition coefficient (Wildman–Crippen LogP) is 2.21. The highest BCUT2D eigenvalue weighted by atomic mass is 16.1. The molecule has 4 heterocycles. The minimum absolute atomic E-state index is 0.203. The van der Waals surface area contributed by atoms with Crippen molar-refractivity contribution in [3.8, 4) is 5.69 Å². The Kier molecular flexibility index (Phi) is 4.25. The molecule has 8 nitrogen and oxygen atoms in total. The summed E-state index contributed by atoms with van der Waals surface area (Å²) in [5, 5.41) is 6.61. The minimum atomic E-state index is -0.206. The first-order chi connectivity index (χ1) is 13.8. The number of hydrogen-bond donors (Lipinski definition) is 2. The van der Waals surface area contributed by atoms with Crippen LogP contribution in [0.1, 0.15) is 30.4 Å². The quantitative estimate of drug-likeness (QED) is 0.570. The van der Waals surface area contributed by atoms with Crippen LogP contribution in [0.15, 0.2) is 53.8 Å². The molecule has 2 N–H and O–H groups in total. The summed E-state index contributed by atoms with van der Waals surface area (Å²) < 4.78 is 1.48. The van der Waals surface area contributed by atoms with Crippen LogP contribution >= 0.6 is 0 Å². The van der Waals surface area contributed by atoms with Crippen LogP contribution in [-0.4, -0.2) is 47.7 Å². The van der Waals surface area contributed by atoms with Crippen molar-refractivity contribution >= 4 is 10.8 Å². The van der Waals surface area contributed by atoms with E-state index in [9.17, 15) is 4.79 Å². The van der Waals surface area contributed by atoms with Gasteiger partial charge in [0.05, 0.1) is 12.2 Å². The third kappa shape index (κ3) is 3.11. The average Bonchev–Trinajstić information content (AvgIpc) is 3.37. The summed E-state index contributed by atoms with van der Waals surface area (Å²) in [6.07, 6.45) is 9.23. The summed E-state index contributed by atoms with van der Waals surface area (Å²) in [4.78, 5) is 29.6. The number of imidazole rings is 1. The molecule has 4 aromatic rings. The van der Waals surface area contributed by atoms with Crippen LogP contribution < -0.4 is 5.69 Å². The van der Waals surface area contributed by atoms with Crippen molar-refractivity contribution in [2.24, 2.45) is 0 Å². The third-order valence-corrected chi connectivity index (χ3v) is 5.34. The van der Waals surface area contributed by atoms with Gasteiger partial charge >= 0.3 is 5.69 Å². The third-order valence-electron chi connectivity index (χ3n) is 5.34. The van der Waals surface area contributed by atoms with E-state index in [2.05, 4.69) is 29.9 Å². The number of nitrogens with one attached hydrogen (secondary N) is 2. The monoisotopic (exact) mass is 375 g/mol. The van der Waals surface area contributed by atoms with Crippen LogP contribution in [0.25, 0.3) is 16.5 Å². The van der Waals surface area contributed by atoms with Crippen LogP contribution in [0.4, 0.5) is 0 Å². The number of H-pyrrole nitrogens is 2. The van der Waals surface area contributed by atoms with E-state index < -0.39 is 0 Å². The van der Waals surface area contributed by atoms with Crippen LogP contribution in [0.3, 0.4) is 0 Å². The van der Waals surface area contributed by atoms with Gasteiger partial charge in [0.1, 0.15) is 11.6 Å². The molecule has 8 heteroatoms. The van der Waals surface area contributed by atoms with E-state index in [1.165, 1.54) is 4.68 Å². The highest BCUT2D eigenvalue weighted by Crippen LogP contribution is 2.26. The number of fused-ring (bicyclic) bond motifs is 1. The molecule has 0 saturated carbocycles. The summed E-state index contributed by atoms with van der Waals surface area (Å²) in [6, 6.07) is 7.74. The first-order valence-corrected chi connectivity index (χ1v) is 9.51. The molecule has 0 bridgehead atoms. The first kappa shape index (κ1) is 16.9. The van der Waals surface area contributed by atoms with Gasteiger partial charge in [-0.25, -0.2) is 9.78 Å². The molecule has 0 spiro atoms. The molecule has 1 aliphatic rings. The van der Waals surface area contributed by atoms with Gasteiger partial charge in [-0.2, -0.15) is 4.68 Å². The van der Waals surface area contributed by atoms with Gasteiger partial charge in [-0.3, -0.25) is 14.9 Å². The van der Waals surface area contributed by atoms with Crippen molar-refractivity contribution in [3.63, 3.8) is 0 Å². The van der Waals surface area contributed by atoms with E-state index in [1.54, 1.807) is 18.6 Å². The average molecular weight is 375 g/mol. The van der Waals surface area contributed by atoms with Crippen molar-refractivity contribution in [1.82, 2.24) is 34.6 Å². The molecular weight excluding hydrogens is 354 g/mol. The zero-order chi connectivity index (χ0) is 18.9. The molecular formula is C20H21N7O. The second-order valence-electron chi connectivity index (χ2n) is 7.21. The molecule has 28 heavy (non-hydrogen) atoms. The van der Waals surface area contributed by atoms with E-state index in [0.29, 0.717) is 0 Å². The molecule has 0 radical (unpaired) electrons. The smallest absolute Gasteiger partial charge is 0.348 e. The standard InChI is InChI=1S/C20H21N7O/c28-20-24-19(15-4-2-10-26(12-15)13-18-22-8-9-23-18)25-27(20)17-5-1-3-14-11-21-7-6-16(14)17/h1,3,5-9,11,15H,2,4,10,12-13H2,(H,22,23)(H,24,25,28). The lowest BCUT2D eigenvalue weighted by molar-refractivity contribution is 0.193. The Balaban J connectivity index is 1.44. The number of aromatic amines is 2. The molecule has 1 atom stereocenters. The maximum atomic E-state index is 12.7. The number of pyridine rings is 1. The lowest BCUT2D eigenvalue weighted by Crippen LogP contribution is -2.34. The molecule has 1 unspecified atom stereocenters. The maximum Gasteiger partial charge on any atom is 0.348 e. The summed E-state index contributed by atoms with van der Waals surface area (Å²) in [5.74, 6) is 1.92. The van der Waals surface area contributed by atoms with E-state index >= 15 is 0 Å². The fourth-order valence-electron chi connectivity index (χ4n) is 4.00. The molecule has 1 saturated heterocycles. The van der Waals surface area contributed by atoms with Gasteiger partial charge in [0, 0.05) is 48.0 Å². The predicted molar refractivity (Wildman–Crippen MR) is 105 cm³/mol. The van der Waals surface area contributed by atoms with Gasteiger partial charge in [0.2, 0.25) is 0 Å². The fraction of sp³-hybridized carbons (Fsp3) is 0.300. The molecule has 1 aromatic carbocycles. The zero-order valence-corrected chi connectivity index (χ0v) is 15.4. The van der Waals surface area contributed by atoms with Crippen molar-refractivity contribution in [2.75, 3.05) is 13.1 Å². The number of nitrogens with zero attached hydrogens (tertiary/aromatic N) is 5. The fourth-order valence-corrected chi connectivity index (χ4v) is 4.00. The number of likely N-dealkylation sites (tertiary alicyclic amines) is 1. The lowest BCUT2D eigenvalue weighted by Gasteiger charge is -2.30. The summed E-state index contributed by atoms with van der Waals surface area (Å²) >= 11 is 0. The van der Waals surface area contributed by atoms with E-state index in [4.69, 9.17) is 0 Å². The van der Waals surface area contributed by atoms with Gasteiger partial charge in [0.25, 0.3) is 0 Å². The topological polar surface area (TPSA) is 95.5 Å². The summed E-state index contributed by atoms with van der Waals surface area (Å²) in [7, 11) is 0. The Bertz CT molecular complexity index is 1140. The molecule has 3 aromatic heterocycles. The molecule has 1 aliphatic heterocycles. The zero-order valence-electron chi connectivity index (χ0n) is 15.4. The van der Waals surface area contributed by atoms with Crippen molar-refractivity contribution in [2.45, 2.75) is 25.3 Å². The Morgan fingerprint density at radius 1 is 1.21 bits per heavy atom. The van der Waals surface area contributed by atoms with E-state index in [-0.39, 0.29) is 11.6 Å². The lowest BCUT2D eigenvalue weighted by atomic mass is 9.97. The second-order valence-corrected chi connectivity index (χ2v) is 7.21. The second kappa shape index (κ2) is 7.05. The highest BCUT2D eigenvalue weighted by molar-refractivity contribution is 5.89. The highest BCUT2D eigenvalue weighted by Gasteiger charge is 2.25. The Morgan fingerprint density at radius 3 is 3.07 bits per heavy atom. The van der Waals surface area contributed by atoms with Crippen LogP contribution in [-0.2, 0) is 6.54 Å². The Hall–Kier alpha value is -3.26. The molecule has 0 aliphatic carbocycles. The molecule has 142 valence electrons. The largest absolute Gasteiger partial charge is 0.348 e. The summed E-state index contributed by atoms with van der Waals surface area (Å²) in [5.41, 5.74) is 0.568. The summed E-state index contributed by atoms with van der Waals surface area (Å²) in [6.45, 7) is 2.66. The SMILES string of the molecule is O=c1[nH]c(C2CCCN(Cc3ncc[nH]3)C2)nn1-c1cccc2cnccc12. The van der Waals surface area contributed by atoms with Gasteiger partial charge in [-0.05, 0) is 31.5 Å². The minimum Gasteiger partial charge on any atom is -0.348 e. The van der Waals surface area contributed by atoms with E-state index in [1.807, 2.05) is 30.5 Å². The number of benzene rings is 1.